The summed E-state index contributed by atoms with van der Waals surface area (Å²) >= 11 is 0. The van der Waals surface area contributed by atoms with E-state index in [9.17, 15) is 37.3 Å². The van der Waals surface area contributed by atoms with Gasteiger partial charge in [-0.2, -0.15) is 17.4 Å². The van der Waals surface area contributed by atoms with Crippen LogP contribution in [0.2, 0.25) is 0 Å². The molecule has 6 atom stereocenters. The van der Waals surface area contributed by atoms with Crippen molar-refractivity contribution in [3.05, 3.63) is 12.3 Å². The Balaban J connectivity index is 2.06. The van der Waals surface area contributed by atoms with Gasteiger partial charge >= 0.3 is 35.4 Å². The number of nitrogens with two attached hydrogens (primary N) is 1. The predicted molar refractivity (Wildman–Crippen MR) is 86.9 cm³/mol. The third-order valence-corrected chi connectivity index (χ3v) is 7.23. The van der Waals surface area contributed by atoms with Crippen molar-refractivity contribution < 1.29 is 69.8 Å². The first-order valence-corrected chi connectivity index (χ1v) is 12.0. The van der Waals surface area contributed by atoms with Crippen LogP contribution in [0.3, 0.4) is 0 Å². The maximum Gasteiger partial charge on any atom is 0.490 e. The number of halogens is 2. The van der Waals surface area contributed by atoms with Gasteiger partial charge in [0.2, 0.25) is 6.23 Å². The molecule has 30 heavy (non-hydrogen) atoms. The highest BCUT2D eigenvalue weighted by molar-refractivity contribution is 7.66. The number of carbonyl (C=O) groups is 1. The molecule has 174 valence electrons. The van der Waals surface area contributed by atoms with E-state index in [0.29, 0.717) is 4.90 Å². The zero-order chi connectivity index (χ0) is 23.1. The van der Waals surface area contributed by atoms with Crippen LogP contribution in [-0.4, -0.2) is 72.7 Å². The topological polar surface area (TPSA) is 248 Å². The van der Waals surface area contributed by atoms with Gasteiger partial charge in [0.1, 0.15) is 6.10 Å². The molecular weight excluding hydrogens is 489 g/mol. The maximum absolute atomic E-state index is 14.3. The van der Waals surface area contributed by atoms with E-state index < -0.39 is 66.6 Å². The third kappa shape index (κ3) is 6.34. The van der Waals surface area contributed by atoms with Crippen molar-refractivity contribution in [3.63, 3.8) is 0 Å². The van der Waals surface area contributed by atoms with Gasteiger partial charge < -0.3 is 40.5 Å². The molecule has 21 heteroatoms. The lowest BCUT2D eigenvalue weighted by molar-refractivity contribution is -0.145. The molecule has 1 fully saturated rings. The van der Waals surface area contributed by atoms with Gasteiger partial charge in [0.25, 0.3) is 0 Å². The average molecular weight is 505 g/mol. The summed E-state index contributed by atoms with van der Waals surface area (Å²) in [6.45, 7) is -1.34. The Hall–Kier alpha value is -0.840. The van der Waals surface area contributed by atoms with Crippen LogP contribution in [0, 0.1) is 0 Å². The van der Waals surface area contributed by atoms with E-state index in [4.69, 9.17) is 25.2 Å². The van der Waals surface area contributed by atoms with Gasteiger partial charge in [-0.15, -0.1) is 0 Å². The number of nitrogens with zero attached hydrogens (tertiary/aromatic N) is 1. The Morgan fingerprint density at radius 1 is 1.20 bits per heavy atom. The fourth-order valence-corrected chi connectivity index (χ4v) is 5.31. The Labute approximate surface area is 165 Å². The number of rotatable bonds is 8. The quantitative estimate of drug-likeness (QED) is 0.193. The Bertz CT molecular complexity index is 851. The number of amides is 2. The van der Waals surface area contributed by atoms with Crippen LogP contribution >= 0.6 is 23.5 Å². The molecule has 0 bridgehead atoms. The van der Waals surface area contributed by atoms with Crippen molar-refractivity contribution in [1.29, 1.82) is 0 Å². The molecule has 0 spiro atoms. The largest absolute Gasteiger partial charge is 0.490 e. The number of carbonyl (C=O) groups excluding carboxylic acids is 1. The summed E-state index contributed by atoms with van der Waals surface area (Å²) < 4.78 is 77.9. The van der Waals surface area contributed by atoms with Crippen molar-refractivity contribution in [2.75, 3.05) is 6.61 Å². The molecule has 2 rings (SSSR count). The van der Waals surface area contributed by atoms with E-state index in [1.54, 1.807) is 0 Å². The highest BCUT2D eigenvalue weighted by Crippen LogP contribution is 2.66. The van der Waals surface area contributed by atoms with Crippen LogP contribution in [0.25, 0.3) is 0 Å². The standard InChI is InChI=1S/C9H16F2N3O13P3/c10-9(11)6(15)4(25-7(9)14-2-1-5(12)13-8(14)16)3-24-29(20,21)27-30(22,23)26-28(17,18)19/h1-2,4-7,15H,3,12H2,(H,13,16)(H,20,21)(H,22,23)(H2,17,18,19)/t4-,5?,6+,7-/m1/s1. The first-order valence-electron chi connectivity index (χ1n) is 7.46. The highest BCUT2D eigenvalue weighted by Gasteiger charge is 2.62. The molecule has 1 saturated heterocycles. The summed E-state index contributed by atoms with van der Waals surface area (Å²) in [5, 5.41) is 11.8. The fraction of sp³-hybridized carbons (Fsp3) is 0.667. The summed E-state index contributed by atoms with van der Waals surface area (Å²) in [4.78, 5) is 47.3. The van der Waals surface area contributed by atoms with Crippen molar-refractivity contribution >= 4 is 29.5 Å². The number of nitrogens with one attached hydrogen (secondary N) is 1. The van der Waals surface area contributed by atoms with Gasteiger partial charge in [-0.05, 0) is 6.08 Å². The van der Waals surface area contributed by atoms with E-state index in [2.05, 4.69) is 18.5 Å². The van der Waals surface area contributed by atoms with Crippen molar-refractivity contribution in [2.24, 2.45) is 5.73 Å². The zero-order valence-corrected chi connectivity index (χ0v) is 17.0. The summed E-state index contributed by atoms with van der Waals surface area (Å²) in [6, 6.07) is -1.10. The predicted octanol–water partition coefficient (Wildman–Crippen LogP) is -1.13. The molecule has 8 N–H and O–H groups in total. The number of phosphoric ester groups is 1. The number of aliphatic hydroxyl groups is 1. The molecule has 2 heterocycles. The molecule has 0 aliphatic carbocycles. The zero-order valence-electron chi connectivity index (χ0n) is 14.3. The summed E-state index contributed by atoms with van der Waals surface area (Å²) in [6.07, 6.45) is -6.09. The number of ether oxygens (including phenoxy) is 1. The number of aliphatic hydroxyl groups excluding tert-OH is 1. The van der Waals surface area contributed by atoms with E-state index in [-0.39, 0.29) is 0 Å². The number of hydrogen-bond acceptors (Lipinski definition) is 10. The Morgan fingerprint density at radius 3 is 2.33 bits per heavy atom. The minimum absolute atomic E-state index is 0.359. The summed E-state index contributed by atoms with van der Waals surface area (Å²) in [5.74, 6) is -4.10. The molecule has 0 aromatic carbocycles. The lowest BCUT2D eigenvalue weighted by atomic mass is 10.1. The number of alkyl halides is 2. The minimum atomic E-state index is -5.82. The van der Waals surface area contributed by atoms with Crippen LogP contribution < -0.4 is 11.1 Å². The van der Waals surface area contributed by atoms with Gasteiger partial charge in [0.05, 0.1) is 12.8 Å². The van der Waals surface area contributed by atoms with Crippen molar-refractivity contribution in [2.45, 2.75) is 30.5 Å². The van der Waals surface area contributed by atoms with Crippen LogP contribution in [0.1, 0.15) is 0 Å². The highest BCUT2D eigenvalue weighted by atomic mass is 31.3. The van der Waals surface area contributed by atoms with Crippen LogP contribution in [-0.2, 0) is 31.6 Å². The molecule has 3 unspecified atom stereocenters. The fourth-order valence-electron chi connectivity index (χ4n) is 2.28. The summed E-state index contributed by atoms with van der Waals surface area (Å²) in [5.41, 5.74) is 5.37. The van der Waals surface area contributed by atoms with Gasteiger partial charge in [0, 0.05) is 6.20 Å². The first kappa shape index (κ1) is 25.4. The number of phosphoric acid groups is 3. The third-order valence-electron chi connectivity index (χ3n) is 3.43. The average Bonchev–Trinajstić information content (AvgIpc) is 2.73. The lowest BCUT2D eigenvalue weighted by Gasteiger charge is -2.32. The maximum atomic E-state index is 14.3. The van der Waals surface area contributed by atoms with Crippen LogP contribution in [0.4, 0.5) is 13.6 Å². The molecule has 0 aromatic heterocycles. The van der Waals surface area contributed by atoms with Crippen molar-refractivity contribution in [1.82, 2.24) is 10.2 Å². The van der Waals surface area contributed by atoms with Crippen LogP contribution in [0.15, 0.2) is 12.3 Å². The van der Waals surface area contributed by atoms with E-state index >= 15 is 0 Å². The smallest absolute Gasteiger partial charge is 0.384 e. The van der Waals surface area contributed by atoms with E-state index in [1.807, 2.05) is 0 Å². The van der Waals surface area contributed by atoms with E-state index in [1.165, 1.54) is 0 Å². The van der Waals surface area contributed by atoms with Gasteiger partial charge in [-0.25, -0.2) is 18.5 Å². The molecule has 2 aliphatic rings. The van der Waals surface area contributed by atoms with Gasteiger partial charge in [-0.1, -0.05) is 0 Å². The molecular formula is C9H16F2N3O13P3. The molecule has 2 amide bonds. The normalized spacial score (nSPS) is 33.1. The second-order valence-electron chi connectivity index (χ2n) is 5.76. The minimum Gasteiger partial charge on any atom is -0.384 e. The van der Waals surface area contributed by atoms with Gasteiger partial charge in [0.15, 0.2) is 6.10 Å². The summed E-state index contributed by atoms with van der Waals surface area (Å²) in [7, 11) is -17.1. The van der Waals surface area contributed by atoms with Gasteiger partial charge in [-0.3, -0.25) is 9.42 Å². The lowest BCUT2D eigenvalue weighted by Crippen LogP contribution is -2.57. The van der Waals surface area contributed by atoms with E-state index in [0.717, 1.165) is 12.3 Å². The van der Waals surface area contributed by atoms with Crippen LogP contribution in [0.5, 0.6) is 0 Å². The number of hydrogen-bond donors (Lipinski definition) is 7. The molecule has 0 saturated carbocycles. The number of urea groups is 1. The second-order valence-corrected chi connectivity index (χ2v) is 10.2. The molecule has 2 aliphatic heterocycles. The Kier molecular flexibility index (Phi) is 7.28. The monoisotopic (exact) mass is 505 g/mol. The Morgan fingerprint density at radius 2 is 1.80 bits per heavy atom. The molecule has 0 aromatic rings. The molecule has 16 nitrogen and oxygen atoms in total. The molecule has 0 radical (unpaired) electrons. The SMILES string of the molecule is NC1C=CN([C@@H]2O[C@H](COP(=O)(O)OP(=O)(O)OP(=O)(O)O)[C@H](O)C2(F)F)C(=O)N1. The van der Waals surface area contributed by atoms with Crippen molar-refractivity contribution in [3.8, 4) is 0 Å². The second kappa shape index (κ2) is 8.60. The first-order chi connectivity index (χ1) is 13.4.